The Bertz CT molecular complexity index is 107. The number of thiol groups is 1. The quantitative estimate of drug-likeness (QED) is 0.441. The molecule has 0 radical (unpaired) electrons. The standard InChI is InChI=1S/C3H6N2OS2/c1-6-3-2-4-5(7)8-3/h2-3,7H,1H3. The number of ether oxygens (including phenoxy) is 1. The molecular weight excluding hydrogens is 144 g/mol. The Morgan fingerprint density at radius 2 is 2.75 bits per heavy atom. The lowest BCUT2D eigenvalue weighted by atomic mass is 10.8. The van der Waals surface area contributed by atoms with Crippen LogP contribution in [0.2, 0.25) is 0 Å². The van der Waals surface area contributed by atoms with E-state index < -0.39 is 0 Å². The second kappa shape index (κ2) is 2.61. The molecule has 0 aromatic rings. The van der Waals surface area contributed by atoms with Crippen LogP contribution in [0.15, 0.2) is 5.10 Å². The predicted octanol–water partition coefficient (Wildman–Crippen LogP) is 0.753. The summed E-state index contributed by atoms with van der Waals surface area (Å²) in [7, 11) is 1.64. The minimum absolute atomic E-state index is 0.0486. The Hall–Kier alpha value is 0.130. The van der Waals surface area contributed by atoms with E-state index in [1.807, 2.05) is 0 Å². The van der Waals surface area contributed by atoms with Crippen molar-refractivity contribution in [3.05, 3.63) is 0 Å². The van der Waals surface area contributed by atoms with Crippen LogP contribution in [0.3, 0.4) is 0 Å². The summed E-state index contributed by atoms with van der Waals surface area (Å²) in [6.07, 6.45) is 1.69. The van der Waals surface area contributed by atoms with Gasteiger partial charge in [0.15, 0.2) is 5.44 Å². The molecule has 1 heterocycles. The van der Waals surface area contributed by atoms with Crippen LogP contribution in [-0.2, 0) is 4.74 Å². The molecular formula is C3H6N2OS2. The number of hydrogen-bond acceptors (Lipinski definition) is 5. The maximum atomic E-state index is 4.90. The van der Waals surface area contributed by atoms with Crippen molar-refractivity contribution in [2.75, 3.05) is 7.11 Å². The molecule has 0 bridgehead atoms. The van der Waals surface area contributed by atoms with Gasteiger partial charge in [-0.3, -0.25) is 0 Å². The third kappa shape index (κ3) is 1.30. The van der Waals surface area contributed by atoms with Gasteiger partial charge in [-0.1, -0.05) is 0 Å². The van der Waals surface area contributed by atoms with Crippen molar-refractivity contribution in [3.63, 3.8) is 0 Å². The Morgan fingerprint density at radius 3 is 3.00 bits per heavy atom. The van der Waals surface area contributed by atoms with Crippen LogP contribution < -0.4 is 0 Å². The first-order valence-corrected chi connectivity index (χ1v) is 3.29. The van der Waals surface area contributed by atoms with Gasteiger partial charge in [0.1, 0.15) is 0 Å². The molecule has 0 aliphatic carbocycles. The summed E-state index contributed by atoms with van der Waals surface area (Å²) < 4.78 is 6.37. The fraction of sp³-hybridized carbons (Fsp3) is 0.667. The highest BCUT2D eigenvalue weighted by atomic mass is 32.2. The minimum atomic E-state index is 0.0486. The zero-order valence-corrected chi connectivity index (χ0v) is 6.02. The Balaban J connectivity index is 2.34. The van der Waals surface area contributed by atoms with Crippen LogP contribution in [0.5, 0.6) is 0 Å². The molecule has 0 fully saturated rings. The summed E-state index contributed by atoms with van der Waals surface area (Å²) in [5, 5.41) is 3.80. The highest BCUT2D eigenvalue weighted by molar-refractivity contribution is 8.06. The van der Waals surface area contributed by atoms with Crippen molar-refractivity contribution in [1.82, 2.24) is 3.82 Å². The van der Waals surface area contributed by atoms with Gasteiger partial charge in [0.25, 0.3) is 0 Å². The maximum absolute atomic E-state index is 4.90. The normalized spacial score (nSPS) is 27.2. The Morgan fingerprint density at radius 1 is 2.00 bits per heavy atom. The van der Waals surface area contributed by atoms with Gasteiger partial charge in [0, 0.05) is 19.1 Å². The zero-order chi connectivity index (χ0) is 5.98. The van der Waals surface area contributed by atoms with Crippen LogP contribution in [0.25, 0.3) is 0 Å². The van der Waals surface area contributed by atoms with E-state index >= 15 is 0 Å². The molecule has 0 saturated heterocycles. The van der Waals surface area contributed by atoms with Crippen molar-refractivity contribution in [2.24, 2.45) is 5.10 Å². The van der Waals surface area contributed by atoms with Crippen LogP contribution >= 0.6 is 24.8 Å². The first-order valence-electron chi connectivity index (χ1n) is 2.05. The van der Waals surface area contributed by atoms with Crippen LogP contribution in [0.4, 0.5) is 0 Å². The largest absolute Gasteiger partial charge is 0.363 e. The van der Waals surface area contributed by atoms with E-state index in [0.717, 1.165) is 0 Å². The predicted molar refractivity (Wildman–Crippen MR) is 37.7 cm³/mol. The maximum Gasteiger partial charge on any atom is 0.161 e. The Kier molecular flexibility index (Phi) is 2.04. The molecule has 0 saturated carbocycles. The lowest BCUT2D eigenvalue weighted by Gasteiger charge is -2.03. The molecule has 5 heteroatoms. The van der Waals surface area contributed by atoms with Gasteiger partial charge in [0.05, 0.1) is 6.21 Å². The van der Waals surface area contributed by atoms with Gasteiger partial charge >= 0.3 is 0 Å². The van der Waals surface area contributed by atoms with Gasteiger partial charge in [0.2, 0.25) is 0 Å². The number of hydrogen-bond donors (Lipinski definition) is 1. The van der Waals surface area contributed by atoms with Crippen molar-refractivity contribution >= 4 is 31.0 Å². The SMILES string of the molecule is COC1C=NN(S)S1. The summed E-state index contributed by atoms with van der Waals surface area (Å²) in [5.74, 6) is 0. The fourth-order valence-corrected chi connectivity index (χ4v) is 1.19. The van der Waals surface area contributed by atoms with E-state index in [2.05, 4.69) is 17.9 Å². The molecule has 8 heavy (non-hydrogen) atoms. The molecule has 1 atom stereocenters. The molecule has 0 aromatic heterocycles. The highest BCUT2D eigenvalue weighted by Gasteiger charge is 2.14. The first kappa shape index (κ1) is 6.25. The van der Waals surface area contributed by atoms with Crippen molar-refractivity contribution in [3.8, 4) is 0 Å². The van der Waals surface area contributed by atoms with E-state index in [-0.39, 0.29) is 5.44 Å². The van der Waals surface area contributed by atoms with Crippen molar-refractivity contribution in [2.45, 2.75) is 5.44 Å². The number of nitrogens with zero attached hydrogens (tertiary/aromatic N) is 2. The number of hydrazone groups is 1. The smallest absolute Gasteiger partial charge is 0.161 e. The number of rotatable bonds is 1. The van der Waals surface area contributed by atoms with E-state index in [9.17, 15) is 0 Å². The second-order valence-corrected chi connectivity index (χ2v) is 2.90. The molecule has 1 unspecified atom stereocenters. The van der Waals surface area contributed by atoms with Crippen LogP contribution in [-0.4, -0.2) is 22.6 Å². The summed E-state index contributed by atoms with van der Waals surface area (Å²) >= 11 is 5.34. The molecule has 1 aliphatic heterocycles. The van der Waals surface area contributed by atoms with Crippen LogP contribution in [0, 0.1) is 0 Å². The van der Waals surface area contributed by atoms with Gasteiger partial charge in [-0.2, -0.15) is 8.92 Å². The molecule has 1 rings (SSSR count). The topological polar surface area (TPSA) is 24.8 Å². The number of methoxy groups -OCH3 is 1. The third-order valence-electron chi connectivity index (χ3n) is 0.718. The zero-order valence-electron chi connectivity index (χ0n) is 4.31. The summed E-state index contributed by atoms with van der Waals surface area (Å²) in [5.41, 5.74) is 0.0486. The van der Waals surface area contributed by atoms with Crippen molar-refractivity contribution < 1.29 is 4.74 Å². The monoisotopic (exact) mass is 150 g/mol. The van der Waals surface area contributed by atoms with E-state index in [1.54, 1.807) is 13.3 Å². The Labute approximate surface area is 57.8 Å². The molecule has 0 aromatic carbocycles. The van der Waals surface area contributed by atoms with E-state index in [0.29, 0.717) is 0 Å². The summed E-state index contributed by atoms with van der Waals surface area (Å²) in [4.78, 5) is 0. The molecule has 3 nitrogen and oxygen atoms in total. The molecule has 46 valence electrons. The average molecular weight is 150 g/mol. The van der Waals surface area contributed by atoms with E-state index in [1.165, 1.54) is 15.8 Å². The van der Waals surface area contributed by atoms with Gasteiger partial charge in [-0.25, -0.2) is 0 Å². The van der Waals surface area contributed by atoms with Gasteiger partial charge < -0.3 is 4.74 Å². The minimum Gasteiger partial charge on any atom is -0.363 e. The highest BCUT2D eigenvalue weighted by Crippen LogP contribution is 2.23. The third-order valence-corrected chi connectivity index (χ3v) is 1.91. The summed E-state index contributed by atoms with van der Waals surface area (Å²) in [6, 6.07) is 0. The van der Waals surface area contributed by atoms with Gasteiger partial charge in [-0.05, 0) is 12.8 Å². The van der Waals surface area contributed by atoms with Gasteiger partial charge in [-0.15, -0.1) is 0 Å². The molecule has 0 spiro atoms. The average Bonchev–Trinajstić information content (AvgIpc) is 2.14. The lowest BCUT2D eigenvalue weighted by molar-refractivity contribution is 0.224. The van der Waals surface area contributed by atoms with Crippen molar-refractivity contribution in [1.29, 1.82) is 0 Å². The molecule has 0 N–H and O–H groups in total. The summed E-state index contributed by atoms with van der Waals surface area (Å²) in [6.45, 7) is 0. The van der Waals surface area contributed by atoms with Crippen LogP contribution in [0.1, 0.15) is 0 Å². The lowest BCUT2D eigenvalue weighted by Crippen LogP contribution is -2.02. The fourth-order valence-electron chi connectivity index (χ4n) is 0.363. The second-order valence-electron chi connectivity index (χ2n) is 1.23. The first-order chi connectivity index (χ1) is 3.83. The molecule has 1 aliphatic rings. The molecule has 0 amide bonds. The van der Waals surface area contributed by atoms with E-state index in [4.69, 9.17) is 4.74 Å².